The van der Waals surface area contributed by atoms with Gasteiger partial charge >= 0.3 is 0 Å². The van der Waals surface area contributed by atoms with Crippen LogP contribution in [0.5, 0.6) is 0 Å². The van der Waals surface area contributed by atoms with Crippen LogP contribution in [-0.2, 0) is 11.8 Å². The second-order valence-electron chi connectivity index (χ2n) is 7.43. The molecule has 30 heavy (non-hydrogen) atoms. The van der Waals surface area contributed by atoms with E-state index in [1.54, 1.807) is 6.20 Å². The maximum absolute atomic E-state index is 13.1. The smallest absolute Gasteiger partial charge is 0.263 e. The van der Waals surface area contributed by atoms with Crippen LogP contribution in [0.15, 0.2) is 54.2 Å². The third kappa shape index (κ3) is 4.42. The number of hydrogen-bond donors (Lipinski definition) is 1. The Balaban J connectivity index is 1.44. The number of benzene rings is 1. The minimum absolute atomic E-state index is 0.0128. The molecule has 1 atom stereocenters. The Hall–Kier alpha value is -2.64. The summed E-state index contributed by atoms with van der Waals surface area (Å²) in [6.45, 7) is 1.17. The number of aromatic nitrogens is 2. The van der Waals surface area contributed by atoms with Crippen LogP contribution in [-0.4, -0.2) is 39.4 Å². The molecule has 3 heterocycles. The molecule has 1 aliphatic rings. The van der Waals surface area contributed by atoms with Gasteiger partial charge in [0.15, 0.2) is 0 Å². The summed E-state index contributed by atoms with van der Waals surface area (Å²) in [4.78, 5) is 32.6. The van der Waals surface area contributed by atoms with E-state index in [1.807, 2.05) is 64.5 Å². The lowest BCUT2D eigenvalue weighted by molar-refractivity contribution is -0.126. The van der Waals surface area contributed by atoms with Gasteiger partial charge in [-0.05, 0) is 42.0 Å². The van der Waals surface area contributed by atoms with Gasteiger partial charge in [-0.2, -0.15) is 0 Å². The van der Waals surface area contributed by atoms with Crippen LogP contribution in [0.4, 0.5) is 0 Å². The van der Waals surface area contributed by atoms with Crippen molar-refractivity contribution in [1.82, 2.24) is 19.8 Å². The molecule has 0 saturated carbocycles. The van der Waals surface area contributed by atoms with E-state index in [0.717, 1.165) is 16.3 Å². The van der Waals surface area contributed by atoms with Gasteiger partial charge in [-0.15, -0.1) is 11.3 Å². The molecule has 1 aliphatic heterocycles. The van der Waals surface area contributed by atoms with Crippen molar-refractivity contribution in [2.24, 2.45) is 13.0 Å². The summed E-state index contributed by atoms with van der Waals surface area (Å²) >= 11 is 7.49. The first-order valence-corrected chi connectivity index (χ1v) is 11.1. The molecule has 1 N–H and O–H groups in total. The van der Waals surface area contributed by atoms with Crippen molar-refractivity contribution in [2.75, 3.05) is 13.1 Å². The van der Waals surface area contributed by atoms with Gasteiger partial charge < -0.3 is 14.8 Å². The Labute approximate surface area is 184 Å². The number of likely N-dealkylation sites (tertiary alicyclic amines) is 1. The van der Waals surface area contributed by atoms with E-state index in [1.165, 1.54) is 11.3 Å². The monoisotopic (exact) mass is 442 g/mol. The van der Waals surface area contributed by atoms with Crippen LogP contribution in [0.1, 0.15) is 39.9 Å². The quantitative estimate of drug-likeness (QED) is 0.651. The normalized spacial score (nSPS) is 15.7. The first-order chi connectivity index (χ1) is 14.5. The minimum atomic E-state index is -0.361. The lowest BCUT2D eigenvalue weighted by Crippen LogP contribution is -2.44. The first kappa shape index (κ1) is 20.6. The molecule has 0 radical (unpaired) electrons. The van der Waals surface area contributed by atoms with Crippen molar-refractivity contribution in [3.63, 3.8) is 0 Å². The minimum Gasteiger partial charge on any atom is -0.342 e. The number of imidazole rings is 1. The van der Waals surface area contributed by atoms with Crippen LogP contribution in [0.25, 0.3) is 0 Å². The van der Waals surface area contributed by atoms with Crippen LogP contribution >= 0.6 is 22.9 Å². The molecule has 1 saturated heterocycles. The van der Waals surface area contributed by atoms with Gasteiger partial charge in [0.1, 0.15) is 11.9 Å². The number of aryl methyl sites for hydroxylation is 1. The molecule has 2 aromatic heterocycles. The average molecular weight is 443 g/mol. The number of amides is 2. The van der Waals surface area contributed by atoms with E-state index in [0.29, 0.717) is 31.0 Å². The Morgan fingerprint density at radius 1 is 1.20 bits per heavy atom. The van der Waals surface area contributed by atoms with Crippen LogP contribution in [0.2, 0.25) is 5.02 Å². The van der Waals surface area contributed by atoms with Gasteiger partial charge in [0.2, 0.25) is 5.91 Å². The van der Waals surface area contributed by atoms with Crippen molar-refractivity contribution in [3.8, 4) is 0 Å². The number of carbonyl (C=O) groups excluding carboxylic acids is 2. The predicted octanol–water partition coefficient (Wildman–Crippen LogP) is 3.89. The van der Waals surface area contributed by atoms with Gasteiger partial charge in [-0.3, -0.25) is 9.59 Å². The molecule has 1 aromatic carbocycles. The molecule has 2 amide bonds. The highest BCUT2D eigenvalue weighted by Crippen LogP contribution is 2.25. The van der Waals surface area contributed by atoms with Crippen molar-refractivity contribution in [3.05, 3.63) is 75.5 Å². The predicted molar refractivity (Wildman–Crippen MR) is 118 cm³/mol. The van der Waals surface area contributed by atoms with Gasteiger partial charge in [-0.25, -0.2) is 4.98 Å². The lowest BCUT2D eigenvalue weighted by atomic mass is 9.94. The third-order valence-electron chi connectivity index (χ3n) is 5.49. The molecule has 4 rings (SSSR count). The third-order valence-corrected chi connectivity index (χ3v) is 6.60. The highest BCUT2D eigenvalue weighted by molar-refractivity contribution is 7.12. The van der Waals surface area contributed by atoms with E-state index in [2.05, 4.69) is 10.3 Å². The van der Waals surface area contributed by atoms with E-state index in [-0.39, 0.29) is 23.8 Å². The summed E-state index contributed by atoms with van der Waals surface area (Å²) < 4.78 is 1.90. The Bertz CT molecular complexity index is 1010. The molecule has 0 bridgehead atoms. The number of thiophene rings is 1. The molecular weight excluding hydrogens is 420 g/mol. The van der Waals surface area contributed by atoms with Gasteiger partial charge in [-0.1, -0.05) is 29.8 Å². The Kier molecular flexibility index (Phi) is 6.20. The molecule has 156 valence electrons. The molecule has 1 unspecified atom stereocenters. The van der Waals surface area contributed by atoms with Gasteiger partial charge in [0, 0.05) is 43.5 Å². The summed E-state index contributed by atoms with van der Waals surface area (Å²) in [6, 6.07) is 10.8. The highest BCUT2D eigenvalue weighted by atomic mass is 35.5. The number of nitrogens with one attached hydrogen (secondary N) is 1. The summed E-state index contributed by atoms with van der Waals surface area (Å²) in [5, 5.41) is 5.72. The zero-order valence-electron chi connectivity index (χ0n) is 16.6. The van der Waals surface area contributed by atoms with E-state index < -0.39 is 0 Å². The number of halogens is 1. The molecule has 6 nitrogen and oxygen atoms in total. The van der Waals surface area contributed by atoms with Crippen molar-refractivity contribution in [2.45, 2.75) is 18.9 Å². The molecule has 3 aromatic rings. The van der Waals surface area contributed by atoms with Gasteiger partial charge in [0.25, 0.3) is 5.91 Å². The van der Waals surface area contributed by atoms with Crippen molar-refractivity contribution in [1.29, 1.82) is 0 Å². The molecule has 0 aliphatic carbocycles. The van der Waals surface area contributed by atoms with Crippen LogP contribution in [0, 0.1) is 5.92 Å². The van der Waals surface area contributed by atoms with Crippen molar-refractivity contribution < 1.29 is 9.59 Å². The maximum atomic E-state index is 13.1. The van der Waals surface area contributed by atoms with E-state index in [9.17, 15) is 9.59 Å². The van der Waals surface area contributed by atoms with Crippen molar-refractivity contribution >= 4 is 34.8 Å². The fourth-order valence-corrected chi connectivity index (χ4v) is 4.59. The summed E-state index contributed by atoms with van der Waals surface area (Å²) in [7, 11) is 1.91. The SMILES string of the molecule is Cn1ccnc1C(NC(=O)C1CCN(C(=O)c2cccs2)CC1)c1ccc(Cl)cc1. The molecule has 1 fully saturated rings. The summed E-state index contributed by atoms with van der Waals surface area (Å²) in [5.74, 6) is 0.667. The van der Waals surface area contributed by atoms with Crippen LogP contribution in [0.3, 0.4) is 0 Å². The molecular formula is C22H23ClN4O2S. The fourth-order valence-electron chi connectivity index (χ4n) is 3.77. The maximum Gasteiger partial charge on any atom is 0.263 e. The molecule has 0 spiro atoms. The second-order valence-corrected chi connectivity index (χ2v) is 8.82. The van der Waals surface area contributed by atoms with Gasteiger partial charge in [0.05, 0.1) is 4.88 Å². The number of piperidine rings is 1. The second kappa shape index (κ2) is 9.02. The Morgan fingerprint density at radius 3 is 2.53 bits per heavy atom. The first-order valence-electron chi connectivity index (χ1n) is 9.89. The summed E-state index contributed by atoms with van der Waals surface area (Å²) in [5.41, 5.74) is 0.923. The zero-order chi connectivity index (χ0) is 21.1. The largest absolute Gasteiger partial charge is 0.342 e. The number of carbonyl (C=O) groups is 2. The van der Waals surface area contributed by atoms with E-state index >= 15 is 0 Å². The van der Waals surface area contributed by atoms with E-state index in [4.69, 9.17) is 11.6 Å². The van der Waals surface area contributed by atoms with Crippen LogP contribution < -0.4 is 5.32 Å². The number of nitrogens with zero attached hydrogens (tertiary/aromatic N) is 3. The zero-order valence-corrected chi connectivity index (χ0v) is 18.2. The lowest BCUT2D eigenvalue weighted by Gasteiger charge is -2.32. The standard InChI is InChI=1S/C22H23ClN4O2S/c1-26-13-10-24-20(26)19(15-4-6-17(23)7-5-15)25-21(28)16-8-11-27(12-9-16)22(29)18-3-2-14-30-18/h2-7,10,13-14,16,19H,8-9,11-12H2,1H3,(H,25,28). The number of rotatable bonds is 5. The topological polar surface area (TPSA) is 67.2 Å². The number of hydrogen-bond acceptors (Lipinski definition) is 4. The molecule has 8 heteroatoms. The average Bonchev–Trinajstić information content (AvgIpc) is 3.44. The highest BCUT2D eigenvalue weighted by Gasteiger charge is 2.30. The Morgan fingerprint density at radius 2 is 1.93 bits per heavy atom. The fraction of sp³-hybridized carbons (Fsp3) is 0.318. The summed E-state index contributed by atoms with van der Waals surface area (Å²) in [6.07, 6.45) is 4.88.